The molecule has 4 aromatic rings. The van der Waals surface area contributed by atoms with Crippen LogP contribution >= 0.6 is 0 Å². The molecule has 0 radical (unpaired) electrons. The van der Waals surface area contributed by atoms with E-state index in [4.69, 9.17) is 0 Å². The molecular weight excluding hydrogens is 510 g/mol. The summed E-state index contributed by atoms with van der Waals surface area (Å²) in [6.45, 7) is 10.6. The van der Waals surface area contributed by atoms with Crippen molar-refractivity contribution in [3.05, 3.63) is 89.9 Å². The summed E-state index contributed by atoms with van der Waals surface area (Å²) >= 11 is 0. The molecule has 0 aliphatic heterocycles. The summed E-state index contributed by atoms with van der Waals surface area (Å²) in [5, 5.41) is 4.27. The minimum absolute atomic E-state index is 0.0324. The highest BCUT2D eigenvalue weighted by Gasteiger charge is 2.60. The number of rotatable bonds is 9. The number of pyridine rings is 1. The highest BCUT2D eigenvalue weighted by Crippen LogP contribution is 2.67. The number of anilines is 2. The van der Waals surface area contributed by atoms with Gasteiger partial charge in [0, 0.05) is 67.4 Å². The number of carbonyl (C=O) groups is 2. The van der Waals surface area contributed by atoms with Gasteiger partial charge in [0.1, 0.15) is 5.54 Å². The van der Waals surface area contributed by atoms with E-state index in [2.05, 4.69) is 54.3 Å². The van der Waals surface area contributed by atoms with E-state index in [0.717, 1.165) is 22.5 Å². The topological polar surface area (TPSA) is 81.3 Å². The van der Waals surface area contributed by atoms with Crippen LogP contribution in [0.25, 0.3) is 10.9 Å². The number of benzene rings is 2. The standard InChI is InChI=1S/C34H41N5O2/c1-22-30(26-12-8-9-13-28(26)36-22)31-27(33(31,2)3)19-29(40)39(21-23-11-10-18-35-20-23)34(4,5)32(41)37-24-14-16-25(17-15-24)38(6)7/h8-18,20,27,31,36H,19,21H2,1-7H3,(H,37,41)/t27-,31-/m0/s1. The van der Waals surface area contributed by atoms with Crippen molar-refractivity contribution in [2.75, 3.05) is 24.3 Å². The first-order chi connectivity index (χ1) is 19.4. The lowest BCUT2D eigenvalue weighted by molar-refractivity contribution is -0.145. The number of H-pyrrole nitrogens is 1. The van der Waals surface area contributed by atoms with E-state index in [1.807, 2.05) is 75.3 Å². The van der Waals surface area contributed by atoms with Gasteiger partial charge in [-0.2, -0.15) is 0 Å². The maximum Gasteiger partial charge on any atom is 0.249 e. The Morgan fingerprint density at radius 3 is 2.39 bits per heavy atom. The second kappa shape index (κ2) is 10.7. The molecule has 0 bridgehead atoms. The van der Waals surface area contributed by atoms with E-state index in [-0.39, 0.29) is 29.1 Å². The fourth-order valence-corrected chi connectivity index (χ4v) is 6.22. The third-order valence-corrected chi connectivity index (χ3v) is 8.94. The molecule has 214 valence electrons. The number of nitrogens with one attached hydrogen (secondary N) is 2. The number of aromatic nitrogens is 2. The quantitative estimate of drug-likeness (QED) is 0.248. The Balaban J connectivity index is 1.40. The third-order valence-electron chi connectivity index (χ3n) is 8.94. The zero-order valence-electron chi connectivity index (χ0n) is 25.2. The summed E-state index contributed by atoms with van der Waals surface area (Å²) in [5.74, 6) is 0.165. The number of para-hydroxylation sites is 1. The number of nitrogens with zero attached hydrogens (tertiary/aromatic N) is 3. The fraction of sp³-hybridized carbons (Fsp3) is 0.382. The van der Waals surface area contributed by atoms with Gasteiger partial charge in [0.05, 0.1) is 0 Å². The Bertz CT molecular complexity index is 1550. The van der Waals surface area contributed by atoms with Gasteiger partial charge in [0.25, 0.3) is 0 Å². The predicted molar refractivity (Wildman–Crippen MR) is 166 cm³/mol. The van der Waals surface area contributed by atoms with Crippen molar-refractivity contribution in [2.24, 2.45) is 11.3 Å². The Morgan fingerprint density at radius 1 is 1.02 bits per heavy atom. The van der Waals surface area contributed by atoms with Crippen molar-refractivity contribution < 1.29 is 9.59 Å². The van der Waals surface area contributed by atoms with Gasteiger partial charge in [-0.25, -0.2) is 0 Å². The van der Waals surface area contributed by atoms with Crippen molar-refractivity contribution >= 4 is 34.1 Å². The summed E-state index contributed by atoms with van der Waals surface area (Å²) in [6.07, 6.45) is 3.84. The number of aryl methyl sites for hydroxylation is 1. The van der Waals surface area contributed by atoms with Gasteiger partial charge < -0.3 is 20.1 Å². The van der Waals surface area contributed by atoms with E-state index < -0.39 is 5.54 Å². The van der Waals surface area contributed by atoms with Crippen molar-refractivity contribution in [3.8, 4) is 0 Å². The molecule has 2 N–H and O–H groups in total. The molecule has 41 heavy (non-hydrogen) atoms. The molecule has 1 fully saturated rings. The molecule has 0 saturated heterocycles. The van der Waals surface area contributed by atoms with Crippen LogP contribution in [0.4, 0.5) is 11.4 Å². The van der Waals surface area contributed by atoms with Gasteiger partial charge in [-0.1, -0.05) is 38.1 Å². The second-order valence-corrected chi connectivity index (χ2v) is 12.6. The molecule has 5 rings (SSSR count). The summed E-state index contributed by atoms with van der Waals surface area (Å²) in [5.41, 5.74) is 5.08. The normalized spacial score (nSPS) is 17.7. The van der Waals surface area contributed by atoms with Gasteiger partial charge in [0.15, 0.2) is 0 Å². The van der Waals surface area contributed by atoms with E-state index >= 15 is 0 Å². The summed E-state index contributed by atoms with van der Waals surface area (Å²) < 4.78 is 0. The van der Waals surface area contributed by atoms with Crippen LogP contribution in [-0.4, -0.2) is 46.3 Å². The van der Waals surface area contributed by atoms with Gasteiger partial charge in [0.2, 0.25) is 11.8 Å². The highest BCUT2D eigenvalue weighted by atomic mass is 16.2. The van der Waals surface area contributed by atoms with Crippen molar-refractivity contribution in [1.29, 1.82) is 0 Å². The summed E-state index contributed by atoms with van der Waals surface area (Å²) in [6, 6.07) is 19.9. The van der Waals surface area contributed by atoms with Crippen molar-refractivity contribution in [1.82, 2.24) is 14.9 Å². The Hall–Kier alpha value is -4.13. The average molecular weight is 552 g/mol. The van der Waals surface area contributed by atoms with Crippen LogP contribution in [0.15, 0.2) is 73.1 Å². The van der Waals surface area contributed by atoms with E-state index in [0.29, 0.717) is 18.7 Å². The fourth-order valence-electron chi connectivity index (χ4n) is 6.22. The van der Waals surface area contributed by atoms with E-state index in [1.165, 1.54) is 10.9 Å². The van der Waals surface area contributed by atoms with Gasteiger partial charge in [-0.15, -0.1) is 0 Å². The van der Waals surface area contributed by atoms with Crippen LogP contribution in [0, 0.1) is 18.3 Å². The molecule has 2 aromatic heterocycles. The Morgan fingerprint density at radius 2 is 1.73 bits per heavy atom. The van der Waals surface area contributed by atoms with Crippen LogP contribution in [0.5, 0.6) is 0 Å². The van der Waals surface area contributed by atoms with Gasteiger partial charge in [-0.3, -0.25) is 14.6 Å². The lowest BCUT2D eigenvalue weighted by Gasteiger charge is -2.37. The van der Waals surface area contributed by atoms with Crippen LogP contribution in [-0.2, 0) is 16.1 Å². The number of aromatic amines is 1. The minimum Gasteiger partial charge on any atom is -0.378 e. The van der Waals surface area contributed by atoms with Gasteiger partial charge in [-0.05, 0) is 85.5 Å². The number of hydrogen-bond acceptors (Lipinski definition) is 4. The third kappa shape index (κ3) is 5.45. The first-order valence-electron chi connectivity index (χ1n) is 14.3. The number of amides is 2. The van der Waals surface area contributed by atoms with Crippen LogP contribution in [0.2, 0.25) is 0 Å². The lowest BCUT2D eigenvalue weighted by Crippen LogP contribution is -2.54. The Kier molecular flexibility index (Phi) is 7.41. The number of fused-ring (bicyclic) bond motifs is 1. The molecule has 1 aliphatic rings. The molecule has 2 aromatic carbocycles. The molecule has 2 heterocycles. The summed E-state index contributed by atoms with van der Waals surface area (Å²) in [7, 11) is 3.95. The molecule has 0 spiro atoms. The first-order valence-corrected chi connectivity index (χ1v) is 14.3. The SMILES string of the molecule is Cc1[nH]c2ccccc2c1[C@@H]1[C@H](CC(=O)N(Cc2cccnc2)C(C)(C)C(=O)Nc2ccc(N(C)C)cc2)C1(C)C. The molecule has 7 nitrogen and oxygen atoms in total. The zero-order valence-corrected chi connectivity index (χ0v) is 25.2. The molecule has 0 unspecified atom stereocenters. The largest absolute Gasteiger partial charge is 0.378 e. The van der Waals surface area contributed by atoms with Crippen LogP contribution < -0.4 is 10.2 Å². The van der Waals surface area contributed by atoms with Crippen molar-refractivity contribution in [2.45, 2.75) is 59.0 Å². The molecular formula is C34H41N5O2. The first kappa shape index (κ1) is 28.4. The maximum atomic E-state index is 14.2. The molecule has 1 saturated carbocycles. The zero-order chi connectivity index (χ0) is 29.5. The Labute approximate surface area is 243 Å². The van der Waals surface area contributed by atoms with E-state index in [1.54, 1.807) is 17.3 Å². The highest BCUT2D eigenvalue weighted by molar-refractivity contribution is 6.00. The number of carbonyl (C=O) groups excluding carboxylic acids is 2. The van der Waals surface area contributed by atoms with Gasteiger partial charge >= 0.3 is 0 Å². The maximum absolute atomic E-state index is 14.2. The lowest BCUT2D eigenvalue weighted by atomic mass is 9.98. The minimum atomic E-state index is -1.10. The average Bonchev–Trinajstić information content (AvgIpc) is 3.28. The van der Waals surface area contributed by atoms with Crippen LogP contribution in [0.1, 0.15) is 56.9 Å². The van der Waals surface area contributed by atoms with Crippen LogP contribution in [0.3, 0.4) is 0 Å². The monoisotopic (exact) mass is 551 g/mol. The predicted octanol–water partition coefficient (Wildman–Crippen LogP) is 6.51. The number of hydrogen-bond donors (Lipinski definition) is 2. The van der Waals surface area contributed by atoms with Crippen molar-refractivity contribution in [3.63, 3.8) is 0 Å². The molecule has 2 amide bonds. The molecule has 1 aliphatic carbocycles. The van der Waals surface area contributed by atoms with E-state index in [9.17, 15) is 9.59 Å². The molecule has 2 atom stereocenters. The molecule has 7 heteroatoms. The second-order valence-electron chi connectivity index (χ2n) is 12.6. The summed E-state index contributed by atoms with van der Waals surface area (Å²) in [4.78, 5) is 39.4. The smallest absolute Gasteiger partial charge is 0.249 e.